The summed E-state index contributed by atoms with van der Waals surface area (Å²) in [6.07, 6.45) is 1.63. The summed E-state index contributed by atoms with van der Waals surface area (Å²) >= 11 is 8.26. The SMILES string of the molecule is Cn1cc(-c2cc(N)ccc2Oc2ccc(F)cc2I)c(Cl)cc1=O. The van der Waals surface area contributed by atoms with Crippen molar-refractivity contribution >= 4 is 39.9 Å². The van der Waals surface area contributed by atoms with Gasteiger partial charge in [0.15, 0.2) is 0 Å². The van der Waals surface area contributed by atoms with Crippen molar-refractivity contribution in [1.82, 2.24) is 4.57 Å². The molecule has 0 aliphatic carbocycles. The molecule has 2 N–H and O–H groups in total. The van der Waals surface area contributed by atoms with E-state index in [1.807, 2.05) is 22.6 Å². The summed E-state index contributed by atoms with van der Waals surface area (Å²) < 4.78 is 21.3. The third-order valence-electron chi connectivity index (χ3n) is 3.59. The molecule has 0 spiro atoms. The standard InChI is InChI=1S/C18H13ClFIN2O2/c1-23-9-13(14(19)8-18(23)24)12-7-11(22)3-5-16(12)25-17-4-2-10(20)6-15(17)21/h2-9H,22H2,1H3. The van der Waals surface area contributed by atoms with Crippen molar-refractivity contribution in [1.29, 1.82) is 0 Å². The maximum absolute atomic E-state index is 13.3. The quantitative estimate of drug-likeness (QED) is 0.441. The fourth-order valence-electron chi connectivity index (χ4n) is 2.33. The molecule has 4 nitrogen and oxygen atoms in total. The van der Waals surface area contributed by atoms with Crippen molar-refractivity contribution in [2.75, 3.05) is 5.73 Å². The van der Waals surface area contributed by atoms with Crippen LogP contribution in [-0.4, -0.2) is 4.57 Å². The third-order valence-corrected chi connectivity index (χ3v) is 4.74. The highest BCUT2D eigenvalue weighted by atomic mass is 127. The Hall–Kier alpha value is -2.06. The van der Waals surface area contributed by atoms with Crippen molar-refractivity contribution in [3.05, 3.63) is 73.4 Å². The fraction of sp³-hybridized carbons (Fsp3) is 0.0556. The molecule has 128 valence electrons. The number of benzene rings is 2. The minimum absolute atomic E-state index is 0.215. The Bertz CT molecular complexity index is 1020. The summed E-state index contributed by atoms with van der Waals surface area (Å²) in [5.41, 5.74) is 7.48. The summed E-state index contributed by atoms with van der Waals surface area (Å²) in [6, 6.07) is 10.7. The van der Waals surface area contributed by atoms with E-state index in [9.17, 15) is 9.18 Å². The molecule has 3 rings (SSSR count). The number of aromatic nitrogens is 1. The average Bonchev–Trinajstić information content (AvgIpc) is 2.55. The minimum atomic E-state index is -0.338. The number of nitrogen functional groups attached to an aromatic ring is 1. The van der Waals surface area contributed by atoms with E-state index < -0.39 is 0 Å². The van der Waals surface area contributed by atoms with Crippen LogP contribution in [0.25, 0.3) is 11.1 Å². The molecule has 0 atom stereocenters. The van der Waals surface area contributed by atoms with E-state index in [2.05, 4.69) is 0 Å². The van der Waals surface area contributed by atoms with Crippen LogP contribution in [0.4, 0.5) is 10.1 Å². The Morgan fingerprint density at radius 1 is 1.12 bits per heavy atom. The molecule has 0 aliphatic rings. The normalized spacial score (nSPS) is 10.7. The first-order chi connectivity index (χ1) is 11.8. The Morgan fingerprint density at radius 2 is 1.84 bits per heavy atom. The van der Waals surface area contributed by atoms with E-state index in [4.69, 9.17) is 22.1 Å². The smallest absolute Gasteiger partial charge is 0.251 e. The zero-order valence-corrected chi connectivity index (χ0v) is 16.0. The summed E-state index contributed by atoms with van der Waals surface area (Å²) in [5, 5.41) is 0.298. The highest BCUT2D eigenvalue weighted by Crippen LogP contribution is 2.38. The van der Waals surface area contributed by atoms with Gasteiger partial charge in [-0.1, -0.05) is 11.6 Å². The zero-order valence-electron chi connectivity index (χ0n) is 13.1. The second-order valence-corrected chi connectivity index (χ2v) is 6.99. The summed E-state index contributed by atoms with van der Waals surface area (Å²) in [6.45, 7) is 0. The largest absolute Gasteiger partial charge is 0.456 e. The van der Waals surface area contributed by atoms with E-state index in [-0.39, 0.29) is 11.4 Å². The van der Waals surface area contributed by atoms with Gasteiger partial charge in [-0.25, -0.2) is 4.39 Å². The Balaban J connectivity index is 2.13. The minimum Gasteiger partial charge on any atom is -0.456 e. The molecule has 25 heavy (non-hydrogen) atoms. The molecule has 1 aromatic heterocycles. The van der Waals surface area contributed by atoms with Crippen molar-refractivity contribution < 1.29 is 9.13 Å². The van der Waals surface area contributed by atoms with E-state index in [1.54, 1.807) is 37.5 Å². The number of halogens is 3. The van der Waals surface area contributed by atoms with Gasteiger partial charge in [-0.3, -0.25) is 4.79 Å². The summed E-state index contributed by atoms with van der Waals surface area (Å²) in [5.74, 6) is 0.670. The van der Waals surface area contributed by atoms with Crippen molar-refractivity contribution in [3.63, 3.8) is 0 Å². The number of rotatable bonds is 3. The molecular formula is C18H13ClFIN2O2. The van der Waals surface area contributed by atoms with Crippen LogP contribution in [0, 0.1) is 9.39 Å². The number of aryl methyl sites for hydroxylation is 1. The molecule has 0 bridgehead atoms. The molecule has 0 saturated carbocycles. The maximum atomic E-state index is 13.3. The van der Waals surface area contributed by atoms with Crippen LogP contribution in [0.5, 0.6) is 11.5 Å². The Labute approximate surface area is 162 Å². The van der Waals surface area contributed by atoms with Gasteiger partial charge in [-0.15, -0.1) is 0 Å². The van der Waals surface area contributed by atoms with Crippen LogP contribution < -0.4 is 16.0 Å². The number of pyridine rings is 1. The lowest BCUT2D eigenvalue weighted by molar-refractivity contribution is 0.478. The summed E-state index contributed by atoms with van der Waals surface area (Å²) in [4.78, 5) is 11.7. The Kier molecular flexibility index (Phi) is 5.01. The molecule has 0 saturated heterocycles. The van der Waals surface area contributed by atoms with Gasteiger partial charge in [0, 0.05) is 36.1 Å². The average molecular weight is 471 g/mol. The number of nitrogens with zero attached hydrogens (tertiary/aromatic N) is 1. The molecule has 0 radical (unpaired) electrons. The first-order valence-corrected chi connectivity index (χ1v) is 8.70. The molecule has 0 aliphatic heterocycles. The molecule has 3 aromatic rings. The Morgan fingerprint density at radius 3 is 2.56 bits per heavy atom. The van der Waals surface area contributed by atoms with Crippen molar-refractivity contribution in [2.45, 2.75) is 0 Å². The molecule has 1 heterocycles. The number of nitrogens with two attached hydrogens (primary N) is 1. The van der Waals surface area contributed by atoms with Gasteiger partial charge in [-0.2, -0.15) is 0 Å². The number of anilines is 1. The fourth-order valence-corrected chi connectivity index (χ4v) is 3.16. The molecule has 7 heteroatoms. The van der Waals surface area contributed by atoms with Crippen molar-refractivity contribution in [2.24, 2.45) is 7.05 Å². The molecule has 0 fully saturated rings. The lowest BCUT2D eigenvalue weighted by Crippen LogP contribution is -2.14. The second kappa shape index (κ2) is 7.05. The van der Waals surface area contributed by atoms with Crippen LogP contribution in [0.2, 0.25) is 5.02 Å². The molecule has 0 amide bonds. The second-order valence-electron chi connectivity index (χ2n) is 5.42. The molecular weight excluding hydrogens is 458 g/mol. The monoisotopic (exact) mass is 470 g/mol. The van der Waals surface area contributed by atoms with Crippen LogP contribution in [0.3, 0.4) is 0 Å². The van der Waals surface area contributed by atoms with Crippen molar-refractivity contribution in [3.8, 4) is 22.6 Å². The van der Waals surface area contributed by atoms with E-state index in [0.717, 1.165) is 0 Å². The van der Waals surface area contributed by atoms with Gasteiger partial charge in [-0.05, 0) is 59.0 Å². The van der Waals surface area contributed by atoms with Gasteiger partial charge >= 0.3 is 0 Å². The number of ether oxygens (including phenoxy) is 1. The molecule has 0 unspecified atom stereocenters. The lowest BCUT2D eigenvalue weighted by atomic mass is 10.1. The number of hydrogen-bond donors (Lipinski definition) is 1. The maximum Gasteiger partial charge on any atom is 0.251 e. The predicted octanol–water partition coefficient (Wildman–Crippen LogP) is 4.82. The van der Waals surface area contributed by atoms with Gasteiger partial charge in [0.05, 0.1) is 8.59 Å². The van der Waals surface area contributed by atoms with E-state index in [1.165, 1.54) is 22.8 Å². The zero-order chi connectivity index (χ0) is 18.1. The highest BCUT2D eigenvalue weighted by molar-refractivity contribution is 14.1. The van der Waals surface area contributed by atoms with Gasteiger partial charge < -0.3 is 15.0 Å². The van der Waals surface area contributed by atoms with Gasteiger partial charge in [0.1, 0.15) is 17.3 Å². The van der Waals surface area contributed by atoms with E-state index in [0.29, 0.717) is 36.9 Å². The van der Waals surface area contributed by atoms with Crippen LogP contribution in [0.15, 0.2) is 53.5 Å². The van der Waals surface area contributed by atoms with E-state index >= 15 is 0 Å². The van der Waals surface area contributed by atoms with Gasteiger partial charge in [0.25, 0.3) is 5.56 Å². The van der Waals surface area contributed by atoms with Gasteiger partial charge in [0.2, 0.25) is 0 Å². The van der Waals surface area contributed by atoms with Crippen LogP contribution >= 0.6 is 34.2 Å². The molecule has 2 aromatic carbocycles. The first-order valence-electron chi connectivity index (χ1n) is 7.24. The lowest BCUT2D eigenvalue weighted by Gasteiger charge is -2.15. The van der Waals surface area contributed by atoms with Crippen LogP contribution in [-0.2, 0) is 7.05 Å². The predicted molar refractivity (Wildman–Crippen MR) is 106 cm³/mol. The topological polar surface area (TPSA) is 57.2 Å². The van der Waals surface area contributed by atoms with Crippen LogP contribution in [0.1, 0.15) is 0 Å². The highest BCUT2D eigenvalue weighted by Gasteiger charge is 2.14. The first kappa shape index (κ1) is 17.8. The third kappa shape index (κ3) is 3.80. The summed E-state index contributed by atoms with van der Waals surface area (Å²) in [7, 11) is 1.64. The number of hydrogen-bond acceptors (Lipinski definition) is 3.